The average Bonchev–Trinajstić information content (AvgIpc) is 2.32. The minimum atomic E-state index is 0.456. The van der Waals surface area contributed by atoms with Crippen molar-refractivity contribution in [1.82, 2.24) is 10.6 Å². The van der Waals surface area contributed by atoms with E-state index in [0.717, 1.165) is 25.4 Å². The number of hydrogen-bond donors (Lipinski definition) is 2. The molecule has 2 N–H and O–H groups in total. The molecule has 1 unspecified atom stereocenters. The van der Waals surface area contributed by atoms with Crippen LogP contribution in [-0.4, -0.2) is 32.3 Å². The lowest BCUT2D eigenvalue weighted by molar-refractivity contribution is 0.306. The first-order valence-electron chi connectivity index (χ1n) is 6.05. The standard InChI is InChI=1S/C13H21ClN2O/c1-3-15-10-11(2)16-7-8-17-13-6-4-5-12(14)9-13/h4-6,9,11,15-16H,3,7-8,10H2,1-2H3. The molecule has 1 rings (SSSR count). The van der Waals surface area contributed by atoms with Crippen molar-refractivity contribution < 1.29 is 4.74 Å². The van der Waals surface area contributed by atoms with Gasteiger partial charge in [0.1, 0.15) is 12.4 Å². The van der Waals surface area contributed by atoms with Gasteiger partial charge in [0.2, 0.25) is 0 Å². The van der Waals surface area contributed by atoms with Gasteiger partial charge in [-0.3, -0.25) is 0 Å². The van der Waals surface area contributed by atoms with Crippen molar-refractivity contribution in [3.63, 3.8) is 0 Å². The molecule has 1 aromatic rings. The molecular weight excluding hydrogens is 236 g/mol. The monoisotopic (exact) mass is 256 g/mol. The Bertz CT molecular complexity index is 320. The number of rotatable bonds is 8. The molecule has 0 aliphatic rings. The maximum absolute atomic E-state index is 5.86. The first-order valence-corrected chi connectivity index (χ1v) is 6.42. The zero-order valence-corrected chi connectivity index (χ0v) is 11.3. The molecule has 0 aliphatic heterocycles. The van der Waals surface area contributed by atoms with Crippen molar-refractivity contribution in [2.24, 2.45) is 0 Å². The maximum Gasteiger partial charge on any atom is 0.120 e. The lowest BCUT2D eigenvalue weighted by atomic mass is 10.3. The van der Waals surface area contributed by atoms with Gasteiger partial charge in [-0.2, -0.15) is 0 Å². The smallest absolute Gasteiger partial charge is 0.120 e. The molecule has 0 heterocycles. The normalized spacial score (nSPS) is 12.4. The molecule has 0 saturated heterocycles. The third-order valence-corrected chi connectivity index (χ3v) is 2.60. The number of hydrogen-bond acceptors (Lipinski definition) is 3. The summed E-state index contributed by atoms with van der Waals surface area (Å²) in [5, 5.41) is 7.38. The number of halogens is 1. The molecule has 4 heteroatoms. The van der Waals surface area contributed by atoms with Crippen LogP contribution in [0.25, 0.3) is 0 Å². The van der Waals surface area contributed by atoms with E-state index >= 15 is 0 Å². The van der Waals surface area contributed by atoms with Crippen LogP contribution in [0, 0.1) is 0 Å². The van der Waals surface area contributed by atoms with Crippen LogP contribution < -0.4 is 15.4 Å². The Labute approximate surface area is 109 Å². The summed E-state index contributed by atoms with van der Waals surface area (Å²) in [5.74, 6) is 0.818. The van der Waals surface area contributed by atoms with E-state index in [-0.39, 0.29) is 0 Å². The van der Waals surface area contributed by atoms with Crippen LogP contribution >= 0.6 is 11.6 Å². The summed E-state index contributed by atoms with van der Waals surface area (Å²) in [6.45, 7) is 7.73. The van der Waals surface area contributed by atoms with Crippen LogP contribution in [0.5, 0.6) is 5.75 Å². The number of likely N-dealkylation sites (N-methyl/N-ethyl adjacent to an activating group) is 1. The highest BCUT2D eigenvalue weighted by molar-refractivity contribution is 6.30. The van der Waals surface area contributed by atoms with E-state index in [1.807, 2.05) is 24.3 Å². The minimum absolute atomic E-state index is 0.456. The van der Waals surface area contributed by atoms with Crippen molar-refractivity contribution in [2.45, 2.75) is 19.9 Å². The van der Waals surface area contributed by atoms with Crippen LogP contribution in [0.15, 0.2) is 24.3 Å². The number of ether oxygens (including phenoxy) is 1. The molecule has 3 nitrogen and oxygen atoms in total. The molecule has 0 fully saturated rings. The molecule has 1 aromatic carbocycles. The first kappa shape index (κ1) is 14.3. The second kappa shape index (κ2) is 8.34. The third kappa shape index (κ3) is 6.51. The van der Waals surface area contributed by atoms with E-state index in [2.05, 4.69) is 24.5 Å². The summed E-state index contributed by atoms with van der Waals surface area (Å²) in [7, 11) is 0. The zero-order valence-electron chi connectivity index (χ0n) is 10.5. The molecule has 0 amide bonds. The fourth-order valence-corrected chi connectivity index (χ4v) is 1.64. The van der Waals surface area contributed by atoms with Crippen molar-refractivity contribution in [3.8, 4) is 5.75 Å². The predicted octanol–water partition coefficient (Wildman–Crippen LogP) is 2.31. The van der Waals surface area contributed by atoms with Crippen LogP contribution in [0.4, 0.5) is 0 Å². The molecule has 17 heavy (non-hydrogen) atoms. The number of benzene rings is 1. The third-order valence-electron chi connectivity index (χ3n) is 2.36. The molecule has 1 atom stereocenters. The highest BCUT2D eigenvalue weighted by atomic mass is 35.5. The maximum atomic E-state index is 5.86. The van der Waals surface area contributed by atoms with Gasteiger partial charge >= 0.3 is 0 Å². The van der Waals surface area contributed by atoms with E-state index < -0.39 is 0 Å². The molecule has 0 aromatic heterocycles. The van der Waals surface area contributed by atoms with E-state index in [4.69, 9.17) is 16.3 Å². The summed E-state index contributed by atoms with van der Waals surface area (Å²) >= 11 is 5.86. The van der Waals surface area contributed by atoms with Crippen molar-refractivity contribution in [1.29, 1.82) is 0 Å². The van der Waals surface area contributed by atoms with Crippen LogP contribution in [-0.2, 0) is 0 Å². The van der Waals surface area contributed by atoms with Crippen LogP contribution in [0.3, 0.4) is 0 Å². The summed E-state index contributed by atoms with van der Waals surface area (Å²) in [6, 6.07) is 7.92. The molecule has 0 bridgehead atoms. The van der Waals surface area contributed by atoms with E-state index in [9.17, 15) is 0 Å². The van der Waals surface area contributed by atoms with Gasteiger partial charge in [0.05, 0.1) is 0 Å². The highest BCUT2D eigenvalue weighted by Gasteiger charge is 1.99. The molecule has 0 saturated carbocycles. The zero-order chi connectivity index (χ0) is 12.5. The summed E-state index contributed by atoms with van der Waals surface area (Å²) in [5.41, 5.74) is 0. The predicted molar refractivity (Wildman–Crippen MR) is 73.0 cm³/mol. The second-order valence-corrected chi connectivity index (χ2v) is 4.41. The lowest BCUT2D eigenvalue weighted by Crippen LogP contribution is -2.38. The summed E-state index contributed by atoms with van der Waals surface area (Å²) < 4.78 is 5.57. The van der Waals surface area contributed by atoms with Gasteiger partial charge in [0.25, 0.3) is 0 Å². The Morgan fingerprint density at radius 2 is 2.24 bits per heavy atom. The Balaban J connectivity index is 2.11. The van der Waals surface area contributed by atoms with Gasteiger partial charge < -0.3 is 15.4 Å². The number of nitrogens with one attached hydrogen (secondary N) is 2. The average molecular weight is 257 g/mol. The Morgan fingerprint density at radius 3 is 2.94 bits per heavy atom. The van der Waals surface area contributed by atoms with E-state index in [0.29, 0.717) is 17.7 Å². The highest BCUT2D eigenvalue weighted by Crippen LogP contribution is 2.16. The Morgan fingerprint density at radius 1 is 1.41 bits per heavy atom. The first-order chi connectivity index (χ1) is 8.22. The largest absolute Gasteiger partial charge is 0.492 e. The van der Waals surface area contributed by atoms with Gasteiger partial charge in [0, 0.05) is 24.2 Å². The van der Waals surface area contributed by atoms with Crippen molar-refractivity contribution in [3.05, 3.63) is 29.3 Å². The van der Waals surface area contributed by atoms with Gasteiger partial charge in [-0.1, -0.05) is 24.6 Å². The quantitative estimate of drug-likeness (QED) is 0.701. The Kier molecular flexibility index (Phi) is 7.01. The summed E-state index contributed by atoms with van der Waals surface area (Å²) in [6.07, 6.45) is 0. The molecule has 96 valence electrons. The molecule has 0 radical (unpaired) electrons. The topological polar surface area (TPSA) is 33.3 Å². The fourth-order valence-electron chi connectivity index (χ4n) is 1.46. The minimum Gasteiger partial charge on any atom is -0.492 e. The van der Waals surface area contributed by atoms with E-state index in [1.54, 1.807) is 0 Å². The van der Waals surface area contributed by atoms with Gasteiger partial charge in [-0.05, 0) is 31.7 Å². The molecular formula is C13H21ClN2O. The second-order valence-electron chi connectivity index (χ2n) is 3.97. The van der Waals surface area contributed by atoms with Crippen molar-refractivity contribution >= 4 is 11.6 Å². The fraction of sp³-hybridized carbons (Fsp3) is 0.538. The Hall–Kier alpha value is -0.770. The summed E-state index contributed by atoms with van der Waals surface area (Å²) in [4.78, 5) is 0. The molecule has 0 spiro atoms. The van der Waals surface area contributed by atoms with Crippen molar-refractivity contribution in [2.75, 3.05) is 26.2 Å². The van der Waals surface area contributed by atoms with Crippen LogP contribution in [0.1, 0.15) is 13.8 Å². The van der Waals surface area contributed by atoms with Crippen LogP contribution in [0.2, 0.25) is 5.02 Å². The SMILES string of the molecule is CCNCC(C)NCCOc1cccc(Cl)c1. The lowest BCUT2D eigenvalue weighted by Gasteiger charge is -2.14. The molecule has 0 aliphatic carbocycles. The van der Waals surface area contributed by atoms with Gasteiger partial charge in [-0.15, -0.1) is 0 Å². The van der Waals surface area contributed by atoms with Gasteiger partial charge in [0.15, 0.2) is 0 Å². The van der Waals surface area contributed by atoms with Gasteiger partial charge in [-0.25, -0.2) is 0 Å². The van der Waals surface area contributed by atoms with E-state index in [1.165, 1.54) is 0 Å².